The summed E-state index contributed by atoms with van der Waals surface area (Å²) in [5, 5.41) is 0. The smallest absolute Gasteiger partial charge is 0.319 e. The topological polar surface area (TPSA) is 64.2 Å². The molecular weight excluding hydrogens is 356 g/mol. The van der Waals surface area contributed by atoms with E-state index in [-0.39, 0.29) is 23.3 Å². The van der Waals surface area contributed by atoms with E-state index in [1.54, 1.807) is 19.0 Å². The number of hydrogen-bond donors (Lipinski definition) is 0. The van der Waals surface area contributed by atoms with Gasteiger partial charge in [0.25, 0.3) is 0 Å². The summed E-state index contributed by atoms with van der Waals surface area (Å²) in [5.41, 5.74) is -0.698. The molecule has 7 nitrogen and oxygen atoms in total. The van der Waals surface area contributed by atoms with Gasteiger partial charge in [0.05, 0.1) is 5.41 Å². The third-order valence-corrected chi connectivity index (χ3v) is 7.17. The fourth-order valence-electron chi connectivity index (χ4n) is 5.56. The van der Waals surface area contributed by atoms with E-state index in [1.807, 2.05) is 21.6 Å². The fraction of sp³-hybridized carbons (Fsp3) is 0.857. The lowest BCUT2D eigenvalue weighted by Crippen LogP contribution is -2.53. The molecule has 3 rings (SSSR count). The number of fused-ring (bicyclic) bond motifs is 1. The highest BCUT2D eigenvalue weighted by atomic mass is 16.2. The molecule has 0 N–H and O–H groups in total. The van der Waals surface area contributed by atoms with Crippen LogP contribution in [0.3, 0.4) is 0 Å². The first kappa shape index (κ1) is 20.9. The van der Waals surface area contributed by atoms with E-state index in [2.05, 4.69) is 13.8 Å². The van der Waals surface area contributed by atoms with Crippen molar-refractivity contribution >= 4 is 17.8 Å². The Morgan fingerprint density at radius 1 is 1.04 bits per heavy atom. The maximum absolute atomic E-state index is 13.4. The van der Waals surface area contributed by atoms with Gasteiger partial charge in [-0.25, -0.2) is 4.79 Å². The van der Waals surface area contributed by atoms with Crippen molar-refractivity contribution in [3.05, 3.63) is 0 Å². The lowest BCUT2D eigenvalue weighted by molar-refractivity contribution is -0.144. The molecule has 1 atom stereocenters. The number of nitrogens with zero attached hydrogens (tertiary/aromatic N) is 4. The summed E-state index contributed by atoms with van der Waals surface area (Å²) in [6.07, 6.45) is 3.00. The van der Waals surface area contributed by atoms with E-state index in [0.717, 1.165) is 32.4 Å². The molecule has 0 aliphatic carbocycles. The molecule has 0 aromatic carbocycles. The zero-order valence-electron chi connectivity index (χ0n) is 18.2. The Bertz CT molecular complexity index is 640. The third kappa shape index (κ3) is 3.26. The first-order chi connectivity index (χ1) is 13.2. The third-order valence-electron chi connectivity index (χ3n) is 7.17. The Balaban J connectivity index is 1.84. The number of carbonyl (C=O) groups is 3. The van der Waals surface area contributed by atoms with E-state index < -0.39 is 5.41 Å². The molecular formula is C21H36N4O3. The van der Waals surface area contributed by atoms with Gasteiger partial charge in [-0.3, -0.25) is 9.59 Å². The molecule has 2 spiro atoms. The number of urea groups is 1. The van der Waals surface area contributed by atoms with Crippen LogP contribution in [-0.4, -0.2) is 90.8 Å². The van der Waals surface area contributed by atoms with Crippen LogP contribution in [0.2, 0.25) is 0 Å². The average molecular weight is 393 g/mol. The maximum Gasteiger partial charge on any atom is 0.319 e. The van der Waals surface area contributed by atoms with Crippen molar-refractivity contribution in [1.82, 2.24) is 19.6 Å². The minimum absolute atomic E-state index is 0.0164. The van der Waals surface area contributed by atoms with E-state index in [4.69, 9.17) is 0 Å². The highest BCUT2D eigenvalue weighted by Gasteiger charge is 2.65. The Morgan fingerprint density at radius 3 is 2.18 bits per heavy atom. The number of likely N-dealkylation sites (tertiary alicyclic amines) is 3. The molecule has 158 valence electrons. The molecule has 0 radical (unpaired) electrons. The molecule has 3 heterocycles. The van der Waals surface area contributed by atoms with Crippen LogP contribution in [0.5, 0.6) is 0 Å². The number of piperidine rings is 1. The maximum atomic E-state index is 13.4. The van der Waals surface area contributed by atoms with Crippen molar-refractivity contribution in [2.75, 3.05) is 53.4 Å². The van der Waals surface area contributed by atoms with Crippen LogP contribution in [0.4, 0.5) is 4.79 Å². The largest absolute Gasteiger partial charge is 0.343 e. The predicted octanol–water partition coefficient (Wildman–Crippen LogP) is 1.88. The van der Waals surface area contributed by atoms with Crippen LogP contribution in [0.25, 0.3) is 0 Å². The summed E-state index contributed by atoms with van der Waals surface area (Å²) in [5.74, 6) is 0.779. The molecule has 4 amide bonds. The molecule has 3 fully saturated rings. The van der Waals surface area contributed by atoms with Gasteiger partial charge in [0.1, 0.15) is 0 Å². The zero-order valence-corrected chi connectivity index (χ0v) is 18.2. The van der Waals surface area contributed by atoms with E-state index in [0.29, 0.717) is 38.5 Å². The Kier molecular flexibility index (Phi) is 5.65. The van der Waals surface area contributed by atoms with Gasteiger partial charge >= 0.3 is 6.03 Å². The molecule has 7 heteroatoms. The molecule has 0 aromatic heterocycles. The number of carbonyl (C=O) groups excluding carboxylic acids is 3. The van der Waals surface area contributed by atoms with Crippen LogP contribution in [0.15, 0.2) is 0 Å². The van der Waals surface area contributed by atoms with Crippen molar-refractivity contribution < 1.29 is 14.4 Å². The number of rotatable bonds is 3. The predicted molar refractivity (Wildman–Crippen MR) is 108 cm³/mol. The summed E-state index contributed by atoms with van der Waals surface area (Å²) in [4.78, 5) is 46.1. The van der Waals surface area contributed by atoms with Gasteiger partial charge in [-0.2, -0.15) is 0 Å². The van der Waals surface area contributed by atoms with Gasteiger partial charge in [-0.15, -0.1) is 0 Å². The molecule has 0 aromatic rings. The summed E-state index contributed by atoms with van der Waals surface area (Å²) in [6.45, 7) is 10.2. The van der Waals surface area contributed by atoms with Gasteiger partial charge in [0.2, 0.25) is 11.8 Å². The lowest BCUT2D eigenvalue weighted by Gasteiger charge is -2.46. The van der Waals surface area contributed by atoms with E-state index in [1.165, 1.54) is 0 Å². The average Bonchev–Trinajstić information content (AvgIpc) is 3.13. The van der Waals surface area contributed by atoms with Gasteiger partial charge < -0.3 is 19.6 Å². The van der Waals surface area contributed by atoms with Crippen LogP contribution >= 0.6 is 0 Å². The zero-order chi connectivity index (χ0) is 20.7. The first-order valence-corrected chi connectivity index (χ1v) is 10.7. The minimum atomic E-state index is -0.484. The standard InChI is InChI=1S/C21H36N4O3/c1-6-23-12-9-21(18(23)27)15-25(19(28)22(4)5)14-20(21)7-10-24(11-8-20)17(26)13-16(2)3/h16H,6-15H2,1-5H3. The monoisotopic (exact) mass is 392 g/mol. The van der Waals surface area contributed by atoms with Crippen LogP contribution in [0, 0.1) is 16.7 Å². The molecule has 3 aliphatic heterocycles. The van der Waals surface area contributed by atoms with Gasteiger partial charge in [0, 0.05) is 65.2 Å². The SMILES string of the molecule is CCN1CCC2(CN(C(=O)N(C)C)CC23CCN(C(=O)CC(C)C)CC3)C1=O. The second kappa shape index (κ2) is 7.56. The van der Waals surface area contributed by atoms with Crippen LogP contribution < -0.4 is 0 Å². The van der Waals surface area contributed by atoms with Crippen LogP contribution in [0.1, 0.15) is 46.5 Å². The normalized spacial score (nSPS) is 26.8. The second-order valence-electron chi connectivity index (χ2n) is 9.51. The summed E-state index contributed by atoms with van der Waals surface area (Å²) < 4.78 is 0. The van der Waals surface area contributed by atoms with E-state index >= 15 is 0 Å². The Labute approximate surface area is 169 Å². The van der Waals surface area contributed by atoms with Gasteiger partial charge in [-0.05, 0) is 32.1 Å². The number of hydrogen-bond acceptors (Lipinski definition) is 3. The molecule has 28 heavy (non-hydrogen) atoms. The Hall–Kier alpha value is -1.79. The molecule has 0 bridgehead atoms. The van der Waals surface area contributed by atoms with E-state index in [9.17, 15) is 14.4 Å². The molecule has 3 saturated heterocycles. The highest BCUT2D eigenvalue weighted by Crippen LogP contribution is 2.58. The highest BCUT2D eigenvalue weighted by molar-refractivity contribution is 5.88. The quantitative estimate of drug-likeness (QED) is 0.737. The molecule has 3 aliphatic rings. The van der Waals surface area contributed by atoms with Crippen molar-refractivity contribution in [2.45, 2.75) is 46.5 Å². The second-order valence-corrected chi connectivity index (χ2v) is 9.51. The lowest BCUT2D eigenvalue weighted by atomic mass is 9.60. The van der Waals surface area contributed by atoms with Gasteiger partial charge in [-0.1, -0.05) is 13.8 Å². The number of amides is 4. The van der Waals surface area contributed by atoms with Crippen molar-refractivity contribution in [1.29, 1.82) is 0 Å². The van der Waals surface area contributed by atoms with Crippen LogP contribution in [-0.2, 0) is 9.59 Å². The summed E-state index contributed by atoms with van der Waals surface area (Å²) in [7, 11) is 3.53. The van der Waals surface area contributed by atoms with Crippen molar-refractivity contribution in [2.24, 2.45) is 16.7 Å². The van der Waals surface area contributed by atoms with Crippen molar-refractivity contribution in [3.8, 4) is 0 Å². The first-order valence-electron chi connectivity index (χ1n) is 10.7. The Morgan fingerprint density at radius 2 is 1.68 bits per heavy atom. The molecule has 1 unspecified atom stereocenters. The minimum Gasteiger partial charge on any atom is -0.343 e. The summed E-state index contributed by atoms with van der Waals surface area (Å²) in [6, 6.07) is -0.0164. The fourth-order valence-corrected chi connectivity index (χ4v) is 5.56. The molecule has 0 saturated carbocycles. The van der Waals surface area contributed by atoms with Gasteiger partial charge in [0.15, 0.2) is 0 Å². The van der Waals surface area contributed by atoms with Crippen molar-refractivity contribution in [3.63, 3.8) is 0 Å². The summed E-state index contributed by atoms with van der Waals surface area (Å²) >= 11 is 0.